The fourth-order valence-corrected chi connectivity index (χ4v) is 3.44. The quantitative estimate of drug-likeness (QED) is 0.401. The minimum absolute atomic E-state index is 0.248. The fraction of sp³-hybridized carbons (Fsp3) is 0.250. The first-order chi connectivity index (χ1) is 15.8. The third-order valence-corrected chi connectivity index (χ3v) is 5.17. The monoisotopic (exact) mass is 446 g/mol. The van der Waals surface area contributed by atoms with Gasteiger partial charge in [0.05, 0.1) is 19.3 Å². The number of ether oxygens (including phenoxy) is 1. The summed E-state index contributed by atoms with van der Waals surface area (Å²) in [5.41, 5.74) is 0.534. The van der Waals surface area contributed by atoms with Gasteiger partial charge in [0.25, 0.3) is 5.56 Å². The Kier molecular flexibility index (Phi) is 5.97. The Hall–Kier alpha value is -3.98. The second-order valence-electron chi connectivity index (χ2n) is 8.06. The second kappa shape index (κ2) is 8.87. The molecule has 9 heteroatoms. The molecule has 0 fully saturated rings. The van der Waals surface area contributed by atoms with Gasteiger partial charge in [-0.25, -0.2) is 19.3 Å². The van der Waals surface area contributed by atoms with Gasteiger partial charge in [-0.2, -0.15) is 4.98 Å². The highest BCUT2D eigenvalue weighted by molar-refractivity contribution is 5.76. The van der Waals surface area contributed by atoms with E-state index in [1.807, 2.05) is 24.3 Å². The summed E-state index contributed by atoms with van der Waals surface area (Å²) in [6.07, 6.45) is 3.14. The number of hydrogen-bond acceptors (Lipinski definition) is 7. The number of aliphatic hydroxyl groups is 1. The molecule has 4 aromatic rings. The molecule has 0 unspecified atom stereocenters. The lowest BCUT2D eigenvalue weighted by molar-refractivity contribution is 0.0738. The lowest BCUT2D eigenvalue weighted by Gasteiger charge is -2.18. The summed E-state index contributed by atoms with van der Waals surface area (Å²) >= 11 is 0. The van der Waals surface area contributed by atoms with E-state index >= 15 is 0 Å². The maximum atomic E-state index is 13.1. The van der Waals surface area contributed by atoms with Crippen LogP contribution in [0.4, 0.5) is 5.95 Å². The van der Waals surface area contributed by atoms with E-state index in [1.54, 1.807) is 49.9 Å². The van der Waals surface area contributed by atoms with E-state index in [0.717, 1.165) is 11.3 Å². The molecule has 0 saturated carbocycles. The van der Waals surface area contributed by atoms with Crippen molar-refractivity contribution >= 4 is 17.0 Å². The molecule has 2 N–H and O–H groups in total. The molecule has 4 rings (SSSR count). The van der Waals surface area contributed by atoms with Gasteiger partial charge in [0.15, 0.2) is 11.5 Å². The lowest BCUT2D eigenvalue weighted by atomic mass is 10.1. The minimum atomic E-state index is -1.14. The van der Waals surface area contributed by atoms with Gasteiger partial charge in [-0.05, 0) is 43.7 Å². The van der Waals surface area contributed by atoms with Crippen molar-refractivity contribution in [3.8, 4) is 11.6 Å². The number of aromatic nitrogens is 5. The number of allylic oxidation sites excluding steroid dienone is 1. The first-order valence-electron chi connectivity index (χ1n) is 10.5. The molecule has 9 nitrogen and oxygen atoms in total. The number of fused-ring (bicyclic) bond motifs is 1. The Labute approximate surface area is 191 Å². The van der Waals surface area contributed by atoms with Gasteiger partial charge in [-0.3, -0.25) is 4.79 Å². The summed E-state index contributed by atoms with van der Waals surface area (Å²) in [7, 11) is 1.63. The van der Waals surface area contributed by atoms with Crippen molar-refractivity contribution in [2.75, 3.05) is 12.4 Å². The van der Waals surface area contributed by atoms with Gasteiger partial charge < -0.3 is 15.2 Å². The summed E-state index contributed by atoms with van der Waals surface area (Å²) in [6, 6.07) is 13.0. The van der Waals surface area contributed by atoms with Crippen molar-refractivity contribution in [1.82, 2.24) is 24.3 Å². The number of methoxy groups -OCH3 is 1. The average Bonchev–Trinajstić information content (AvgIpc) is 3.09. The normalized spacial score (nSPS) is 11.5. The van der Waals surface area contributed by atoms with Crippen LogP contribution in [-0.2, 0) is 18.7 Å². The van der Waals surface area contributed by atoms with Gasteiger partial charge in [-0.15, -0.1) is 6.58 Å². The van der Waals surface area contributed by atoms with E-state index in [4.69, 9.17) is 4.74 Å². The summed E-state index contributed by atoms with van der Waals surface area (Å²) < 4.78 is 8.32. The van der Waals surface area contributed by atoms with Crippen LogP contribution in [0.25, 0.3) is 16.9 Å². The zero-order chi connectivity index (χ0) is 23.6. The Morgan fingerprint density at radius 1 is 1.18 bits per heavy atom. The predicted molar refractivity (Wildman–Crippen MR) is 127 cm³/mol. The maximum absolute atomic E-state index is 13.1. The van der Waals surface area contributed by atoms with Crippen molar-refractivity contribution in [2.45, 2.75) is 32.5 Å². The Bertz CT molecular complexity index is 1350. The average molecular weight is 447 g/mol. The molecule has 3 heterocycles. The van der Waals surface area contributed by atoms with E-state index in [9.17, 15) is 9.90 Å². The van der Waals surface area contributed by atoms with Crippen LogP contribution in [-0.4, -0.2) is 36.5 Å². The molecule has 0 amide bonds. The van der Waals surface area contributed by atoms with Crippen LogP contribution in [0.5, 0.6) is 5.75 Å². The van der Waals surface area contributed by atoms with Crippen LogP contribution >= 0.6 is 0 Å². The molecule has 0 aliphatic rings. The molecule has 0 bridgehead atoms. The van der Waals surface area contributed by atoms with Crippen LogP contribution in [0.3, 0.4) is 0 Å². The smallest absolute Gasteiger partial charge is 0.278 e. The first-order valence-corrected chi connectivity index (χ1v) is 10.5. The Balaban J connectivity index is 1.77. The molecule has 3 aromatic heterocycles. The number of benzene rings is 1. The molecular formula is C24H26N6O3. The van der Waals surface area contributed by atoms with Crippen molar-refractivity contribution in [1.29, 1.82) is 0 Å². The molecule has 0 aliphatic heterocycles. The second-order valence-corrected chi connectivity index (χ2v) is 8.06. The third-order valence-electron chi connectivity index (χ3n) is 5.17. The molecule has 0 saturated heterocycles. The predicted octanol–water partition coefficient (Wildman–Crippen LogP) is 3.01. The van der Waals surface area contributed by atoms with Crippen molar-refractivity contribution in [3.05, 3.63) is 82.9 Å². The van der Waals surface area contributed by atoms with E-state index in [2.05, 4.69) is 26.8 Å². The van der Waals surface area contributed by atoms with E-state index in [0.29, 0.717) is 35.0 Å². The van der Waals surface area contributed by atoms with Crippen molar-refractivity contribution in [2.24, 2.45) is 0 Å². The Morgan fingerprint density at radius 2 is 1.94 bits per heavy atom. The summed E-state index contributed by atoms with van der Waals surface area (Å²) in [5.74, 6) is 1.62. The number of anilines is 1. The molecule has 33 heavy (non-hydrogen) atoms. The Morgan fingerprint density at radius 3 is 2.61 bits per heavy atom. The van der Waals surface area contributed by atoms with Crippen LogP contribution in [0.2, 0.25) is 0 Å². The lowest BCUT2D eigenvalue weighted by Crippen LogP contribution is -2.23. The maximum Gasteiger partial charge on any atom is 0.278 e. The van der Waals surface area contributed by atoms with E-state index in [1.165, 1.54) is 10.9 Å². The molecular weight excluding hydrogens is 420 g/mol. The molecule has 0 spiro atoms. The molecule has 0 radical (unpaired) electrons. The molecule has 0 atom stereocenters. The van der Waals surface area contributed by atoms with Crippen LogP contribution in [0.15, 0.2) is 66.1 Å². The molecule has 170 valence electrons. The highest BCUT2D eigenvalue weighted by atomic mass is 16.5. The summed E-state index contributed by atoms with van der Waals surface area (Å²) in [6.45, 7) is 7.84. The standard InChI is InChI=1S/C24H26N6O3/c1-5-13-29-22(31)18-15-26-23(25-14-16-9-11-17(33-4)12-10-16)28-21(18)30(29)20-8-6-7-19(27-20)24(2,3)32/h5-12,15,32H,1,13-14H2,2-4H3,(H,25,26,28). The summed E-state index contributed by atoms with van der Waals surface area (Å²) in [5, 5.41) is 14.0. The van der Waals surface area contributed by atoms with Gasteiger partial charge >= 0.3 is 0 Å². The highest BCUT2D eigenvalue weighted by Crippen LogP contribution is 2.21. The zero-order valence-electron chi connectivity index (χ0n) is 18.8. The molecule has 0 aliphatic carbocycles. The SMILES string of the molecule is C=CCn1c(=O)c2cnc(NCc3ccc(OC)cc3)nc2n1-c1cccc(C(C)(C)O)n1. The number of nitrogens with zero attached hydrogens (tertiary/aromatic N) is 5. The van der Waals surface area contributed by atoms with Gasteiger partial charge in [0, 0.05) is 12.7 Å². The summed E-state index contributed by atoms with van der Waals surface area (Å²) in [4.78, 5) is 26.6. The van der Waals surface area contributed by atoms with Crippen LogP contribution in [0.1, 0.15) is 25.1 Å². The third kappa shape index (κ3) is 4.49. The van der Waals surface area contributed by atoms with E-state index in [-0.39, 0.29) is 12.1 Å². The topological polar surface area (TPSA) is 107 Å². The molecule has 1 aromatic carbocycles. The number of rotatable bonds is 8. The minimum Gasteiger partial charge on any atom is -0.497 e. The number of nitrogens with one attached hydrogen (secondary N) is 1. The van der Waals surface area contributed by atoms with Crippen LogP contribution in [0, 0.1) is 0 Å². The van der Waals surface area contributed by atoms with E-state index < -0.39 is 5.60 Å². The highest BCUT2D eigenvalue weighted by Gasteiger charge is 2.21. The van der Waals surface area contributed by atoms with Crippen LogP contribution < -0.4 is 15.6 Å². The van der Waals surface area contributed by atoms with Gasteiger partial charge in [0.1, 0.15) is 16.7 Å². The largest absolute Gasteiger partial charge is 0.497 e. The van der Waals surface area contributed by atoms with Crippen molar-refractivity contribution < 1.29 is 9.84 Å². The van der Waals surface area contributed by atoms with Gasteiger partial charge in [0.2, 0.25) is 5.95 Å². The fourth-order valence-electron chi connectivity index (χ4n) is 3.44. The number of pyridine rings is 1. The first kappa shape index (κ1) is 22.2. The number of hydrogen-bond donors (Lipinski definition) is 2. The van der Waals surface area contributed by atoms with Crippen molar-refractivity contribution in [3.63, 3.8) is 0 Å². The zero-order valence-corrected chi connectivity index (χ0v) is 18.8. The van der Waals surface area contributed by atoms with Gasteiger partial charge in [-0.1, -0.05) is 24.3 Å².